The van der Waals surface area contributed by atoms with Crippen LogP contribution in [-0.4, -0.2) is 23.0 Å². The van der Waals surface area contributed by atoms with Crippen LogP contribution in [0.2, 0.25) is 0 Å². The van der Waals surface area contributed by atoms with Crippen molar-refractivity contribution in [2.75, 3.05) is 18.8 Å². The van der Waals surface area contributed by atoms with Crippen LogP contribution >= 0.6 is 0 Å². The molecule has 0 unspecified atom stereocenters. The van der Waals surface area contributed by atoms with E-state index in [1.807, 2.05) is 12.1 Å². The van der Waals surface area contributed by atoms with E-state index in [2.05, 4.69) is 51.1 Å². The Balaban J connectivity index is 0.000000522. The summed E-state index contributed by atoms with van der Waals surface area (Å²) in [5.41, 5.74) is 8.23. The summed E-state index contributed by atoms with van der Waals surface area (Å²) < 4.78 is 25.2. The fraction of sp³-hybridized carbons (Fsp3) is 0.567. The molecule has 0 saturated heterocycles. The predicted octanol–water partition coefficient (Wildman–Crippen LogP) is 8.59. The Morgan fingerprint density at radius 1 is 0.886 bits per heavy atom. The molecule has 3 nitrogen and oxygen atoms in total. The first kappa shape index (κ1) is 32.6. The van der Waals surface area contributed by atoms with Crippen molar-refractivity contribution < 1.29 is 8.78 Å². The summed E-state index contributed by atoms with van der Waals surface area (Å²) in [6.45, 7) is 19.6. The molecule has 0 saturated carbocycles. The van der Waals surface area contributed by atoms with Crippen LogP contribution in [0.25, 0.3) is 0 Å². The number of hydrogen-bond donors (Lipinski definition) is 1. The van der Waals surface area contributed by atoms with Crippen LogP contribution in [0.1, 0.15) is 91.2 Å². The molecule has 0 aliphatic carbocycles. The van der Waals surface area contributed by atoms with Gasteiger partial charge in [-0.05, 0) is 74.3 Å². The summed E-state index contributed by atoms with van der Waals surface area (Å²) in [7, 11) is 0. The number of nitrogens with two attached hydrogens (primary N) is 1. The SMILES string of the molecule is C=C(C(CCC)CCC)N(CCC)CCC.CCc1c(F)cccc1F.CCc1ccnc(N)c1. The molecular formula is C30H49F2N3. The molecule has 0 spiro atoms. The minimum atomic E-state index is -0.456. The predicted molar refractivity (Wildman–Crippen MR) is 148 cm³/mol. The van der Waals surface area contributed by atoms with Crippen LogP contribution in [0.15, 0.2) is 48.8 Å². The van der Waals surface area contributed by atoms with Gasteiger partial charge in [-0.3, -0.25) is 0 Å². The molecule has 1 aromatic heterocycles. The molecule has 2 aromatic rings. The van der Waals surface area contributed by atoms with E-state index in [0.29, 0.717) is 18.2 Å². The number of nitrogen functional groups attached to an aromatic ring is 1. The van der Waals surface area contributed by atoms with Gasteiger partial charge in [-0.25, -0.2) is 13.8 Å². The Kier molecular flexibility index (Phi) is 18.5. The topological polar surface area (TPSA) is 42.2 Å². The Hall–Kier alpha value is -2.43. The first-order valence-electron chi connectivity index (χ1n) is 13.4. The Morgan fingerprint density at radius 3 is 1.77 bits per heavy atom. The number of hydrogen-bond acceptors (Lipinski definition) is 3. The largest absolute Gasteiger partial charge is 0.384 e. The summed E-state index contributed by atoms with van der Waals surface area (Å²) in [5, 5.41) is 0. The van der Waals surface area contributed by atoms with Crippen LogP contribution < -0.4 is 5.73 Å². The first-order chi connectivity index (χ1) is 16.8. The summed E-state index contributed by atoms with van der Waals surface area (Å²) >= 11 is 0. The van der Waals surface area contributed by atoms with Crippen LogP contribution in [0.5, 0.6) is 0 Å². The van der Waals surface area contributed by atoms with Crippen molar-refractivity contribution in [2.24, 2.45) is 5.92 Å². The number of anilines is 1. The summed E-state index contributed by atoms with van der Waals surface area (Å²) in [5.74, 6) is 0.410. The molecule has 1 aromatic carbocycles. The number of benzene rings is 1. The van der Waals surface area contributed by atoms with Crippen LogP contribution in [0, 0.1) is 17.6 Å². The number of rotatable bonds is 12. The maximum atomic E-state index is 12.6. The van der Waals surface area contributed by atoms with E-state index in [9.17, 15) is 8.78 Å². The highest BCUT2D eigenvalue weighted by molar-refractivity contribution is 5.31. The van der Waals surface area contributed by atoms with Crippen LogP contribution in [0.4, 0.5) is 14.6 Å². The van der Waals surface area contributed by atoms with Gasteiger partial charge in [0.1, 0.15) is 17.5 Å². The number of pyridine rings is 1. The molecule has 198 valence electrons. The van der Waals surface area contributed by atoms with E-state index in [-0.39, 0.29) is 5.56 Å². The smallest absolute Gasteiger partial charge is 0.129 e. The molecule has 0 fully saturated rings. The fourth-order valence-electron chi connectivity index (χ4n) is 3.96. The lowest BCUT2D eigenvalue weighted by Gasteiger charge is -2.31. The molecule has 0 aliphatic rings. The van der Waals surface area contributed by atoms with Crippen molar-refractivity contribution >= 4 is 5.82 Å². The van der Waals surface area contributed by atoms with Gasteiger partial charge in [0.25, 0.3) is 0 Å². The fourth-order valence-corrected chi connectivity index (χ4v) is 3.96. The molecule has 2 rings (SSSR count). The molecule has 1 heterocycles. The summed E-state index contributed by atoms with van der Waals surface area (Å²) in [4.78, 5) is 6.38. The van der Waals surface area contributed by atoms with Gasteiger partial charge < -0.3 is 10.6 Å². The van der Waals surface area contributed by atoms with Crippen molar-refractivity contribution in [3.05, 3.63) is 71.6 Å². The van der Waals surface area contributed by atoms with E-state index in [0.717, 1.165) is 6.42 Å². The third kappa shape index (κ3) is 13.3. The van der Waals surface area contributed by atoms with E-state index in [4.69, 9.17) is 5.73 Å². The molecule has 0 radical (unpaired) electrons. The Bertz CT molecular complexity index is 773. The summed E-state index contributed by atoms with van der Waals surface area (Å²) in [6, 6.07) is 7.75. The van der Waals surface area contributed by atoms with Gasteiger partial charge in [0, 0.05) is 30.5 Å². The highest BCUT2D eigenvalue weighted by atomic mass is 19.1. The number of aryl methyl sites for hydroxylation is 1. The van der Waals surface area contributed by atoms with Crippen molar-refractivity contribution in [3.63, 3.8) is 0 Å². The highest BCUT2D eigenvalue weighted by Crippen LogP contribution is 2.24. The minimum Gasteiger partial charge on any atom is -0.384 e. The van der Waals surface area contributed by atoms with Gasteiger partial charge in [0.15, 0.2) is 0 Å². The van der Waals surface area contributed by atoms with Crippen molar-refractivity contribution in [1.82, 2.24) is 9.88 Å². The van der Waals surface area contributed by atoms with Crippen LogP contribution in [0.3, 0.4) is 0 Å². The van der Waals surface area contributed by atoms with Gasteiger partial charge >= 0.3 is 0 Å². The summed E-state index contributed by atoms with van der Waals surface area (Å²) in [6.07, 6.45) is 10.8. The zero-order valence-corrected chi connectivity index (χ0v) is 23.0. The van der Waals surface area contributed by atoms with Gasteiger partial charge in [0.05, 0.1) is 0 Å². The number of allylic oxidation sites excluding steroid dienone is 1. The van der Waals surface area contributed by atoms with Gasteiger partial charge in [-0.1, -0.05) is 67.0 Å². The van der Waals surface area contributed by atoms with Gasteiger partial charge in [-0.15, -0.1) is 0 Å². The molecular weight excluding hydrogens is 440 g/mol. The van der Waals surface area contributed by atoms with E-state index < -0.39 is 11.6 Å². The van der Waals surface area contributed by atoms with Crippen LogP contribution in [-0.2, 0) is 12.8 Å². The second kappa shape index (κ2) is 19.8. The maximum Gasteiger partial charge on any atom is 0.129 e. The van der Waals surface area contributed by atoms with Crippen molar-refractivity contribution in [2.45, 2.75) is 92.9 Å². The highest BCUT2D eigenvalue weighted by Gasteiger charge is 2.15. The minimum absolute atomic E-state index is 0.169. The molecule has 0 atom stereocenters. The zero-order chi connectivity index (χ0) is 26.6. The van der Waals surface area contributed by atoms with E-state index in [1.54, 1.807) is 13.1 Å². The second-order valence-electron chi connectivity index (χ2n) is 8.75. The molecule has 35 heavy (non-hydrogen) atoms. The molecule has 0 bridgehead atoms. The lowest BCUT2D eigenvalue weighted by atomic mass is 9.94. The third-order valence-electron chi connectivity index (χ3n) is 5.81. The molecule has 5 heteroatoms. The quantitative estimate of drug-likeness (QED) is 0.324. The average Bonchev–Trinajstić information content (AvgIpc) is 2.84. The lowest BCUT2D eigenvalue weighted by molar-refractivity contribution is 0.288. The van der Waals surface area contributed by atoms with E-state index in [1.165, 1.54) is 81.1 Å². The number of aromatic nitrogens is 1. The van der Waals surface area contributed by atoms with Gasteiger partial charge in [-0.2, -0.15) is 0 Å². The van der Waals surface area contributed by atoms with Crippen molar-refractivity contribution in [1.29, 1.82) is 0 Å². The normalized spacial score (nSPS) is 10.2. The number of nitrogens with zero attached hydrogens (tertiary/aromatic N) is 2. The standard InChI is InChI=1S/C15H31N.C8H8F2.C7H10N2/c1-6-10-15(11-7-2)14(5)16(12-8-3)13-9-4;1-2-6-7(9)4-3-5-8(6)10;1-2-6-3-4-9-7(8)5-6/h15H,5-13H2,1-4H3;3-5H,2H2,1H3;3-5H,2H2,1H3,(H2,8,9). The first-order valence-corrected chi connectivity index (χ1v) is 13.4. The monoisotopic (exact) mass is 489 g/mol. The lowest BCUT2D eigenvalue weighted by Crippen LogP contribution is -2.28. The van der Waals surface area contributed by atoms with Crippen molar-refractivity contribution in [3.8, 4) is 0 Å². The van der Waals surface area contributed by atoms with E-state index >= 15 is 0 Å². The van der Waals surface area contributed by atoms with Gasteiger partial charge in [0.2, 0.25) is 0 Å². The second-order valence-corrected chi connectivity index (χ2v) is 8.75. The Labute approximate surface area is 213 Å². The number of halogens is 2. The molecule has 0 aliphatic heterocycles. The average molecular weight is 490 g/mol. The zero-order valence-electron chi connectivity index (χ0n) is 23.0. The maximum absolute atomic E-state index is 12.6. The molecule has 0 amide bonds. The molecule has 2 N–H and O–H groups in total. The third-order valence-corrected chi connectivity index (χ3v) is 5.81. The Morgan fingerprint density at radius 2 is 1.43 bits per heavy atom.